The maximum atomic E-state index is 13.5. The van der Waals surface area contributed by atoms with E-state index in [1.807, 2.05) is 0 Å². The number of nitrogens with one attached hydrogen (secondary N) is 1. The van der Waals surface area contributed by atoms with Crippen LogP contribution in [0.15, 0.2) is 12.1 Å². The summed E-state index contributed by atoms with van der Waals surface area (Å²) >= 11 is 3.03. The Kier molecular flexibility index (Phi) is 4.50. The first kappa shape index (κ1) is 13.5. The molecular weight excluding hydrogens is 302 g/mol. The van der Waals surface area contributed by atoms with E-state index in [9.17, 15) is 23.7 Å². The topological polar surface area (TPSA) is 72.2 Å². The number of carbonyl (C=O) groups is 1. The number of amides is 1. The Morgan fingerprint density at radius 3 is 2.65 bits per heavy atom. The normalized spacial score (nSPS) is 10.1. The maximum Gasteiger partial charge on any atom is 0.308 e. The van der Waals surface area contributed by atoms with Crippen LogP contribution in [-0.4, -0.2) is 22.7 Å². The SMILES string of the molecule is O=C(NCCBr)c1cc(F)cc([N+](=O)[O-])c1F. The number of nitro benzene ring substituents is 1. The van der Waals surface area contributed by atoms with E-state index in [2.05, 4.69) is 21.2 Å². The van der Waals surface area contributed by atoms with E-state index in [1.54, 1.807) is 0 Å². The first-order chi connectivity index (χ1) is 7.97. The van der Waals surface area contributed by atoms with Crippen molar-refractivity contribution in [3.63, 3.8) is 0 Å². The Labute approximate surface area is 103 Å². The fraction of sp³-hybridized carbons (Fsp3) is 0.222. The Bertz CT molecular complexity index is 468. The van der Waals surface area contributed by atoms with Gasteiger partial charge < -0.3 is 5.32 Å². The van der Waals surface area contributed by atoms with Crippen molar-refractivity contribution in [2.45, 2.75) is 0 Å². The van der Waals surface area contributed by atoms with Crippen molar-refractivity contribution in [2.75, 3.05) is 11.9 Å². The van der Waals surface area contributed by atoms with Gasteiger partial charge in [0.2, 0.25) is 5.82 Å². The molecular formula is C9H7BrF2N2O3. The molecule has 1 N–H and O–H groups in total. The molecule has 1 rings (SSSR count). The number of nitro groups is 1. The summed E-state index contributed by atoms with van der Waals surface area (Å²) in [6, 6.07) is 1.04. The number of halogens is 3. The third kappa shape index (κ3) is 3.19. The number of benzene rings is 1. The van der Waals surface area contributed by atoms with E-state index in [0.29, 0.717) is 17.5 Å². The molecule has 0 aliphatic rings. The molecule has 0 saturated heterocycles. The summed E-state index contributed by atoms with van der Waals surface area (Å²) in [7, 11) is 0. The van der Waals surface area contributed by atoms with Gasteiger partial charge in [-0.3, -0.25) is 14.9 Å². The molecule has 0 bridgehead atoms. The van der Waals surface area contributed by atoms with Crippen LogP contribution in [0.5, 0.6) is 0 Å². The second-order valence-corrected chi connectivity index (χ2v) is 3.78. The van der Waals surface area contributed by atoms with Crippen molar-refractivity contribution in [1.82, 2.24) is 5.32 Å². The average Bonchev–Trinajstić information content (AvgIpc) is 2.28. The highest BCUT2D eigenvalue weighted by molar-refractivity contribution is 9.09. The zero-order valence-electron chi connectivity index (χ0n) is 8.37. The van der Waals surface area contributed by atoms with Gasteiger partial charge in [0, 0.05) is 11.9 Å². The van der Waals surface area contributed by atoms with Crippen LogP contribution in [0.25, 0.3) is 0 Å². The zero-order valence-corrected chi connectivity index (χ0v) is 9.96. The molecule has 17 heavy (non-hydrogen) atoms. The summed E-state index contributed by atoms with van der Waals surface area (Å²) in [4.78, 5) is 20.7. The highest BCUT2D eigenvalue weighted by atomic mass is 79.9. The van der Waals surface area contributed by atoms with Gasteiger partial charge in [-0.25, -0.2) is 4.39 Å². The maximum absolute atomic E-state index is 13.5. The molecule has 1 aromatic carbocycles. The molecule has 0 spiro atoms. The number of rotatable bonds is 4. The largest absolute Gasteiger partial charge is 0.351 e. The number of alkyl halides is 1. The fourth-order valence-electron chi connectivity index (χ4n) is 1.13. The van der Waals surface area contributed by atoms with Crippen molar-refractivity contribution in [3.05, 3.63) is 39.4 Å². The van der Waals surface area contributed by atoms with Crippen molar-refractivity contribution < 1.29 is 18.5 Å². The Hall–Kier alpha value is -1.57. The van der Waals surface area contributed by atoms with Crippen LogP contribution in [0.2, 0.25) is 0 Å². The Balaban J connectivity index is 3.15. The van der Waals surface area contributed by atoms with E-state index in [4.69, 9.17) is 0 Å². The fourth-order valence-corrected chi connectivity index (χ4v) is 1.33. The van der Waals surface area contributed by atoms with Crippen LogP contribution < -0.4 is 5.32 Å². The van der Waals surface area contributed by atoms with Gasteiger partial charge in [-0.15, -0.1) is 0 Å². The summed E-state index contributed by atoms with van der Waals surface area (Å²) in [5.74, 6) is -3.28. The zero-order chi connectivity index (χ0) is 13.0. The molecule has 92 valence electrons. The predicted octanol–water partition coefficient (Wildman–Crippen LogP) is 2.00. The summed E-state index contributed by atoms with van der Waals surface area (Å²) in [6.07, 6.45) is 0. The highest BCUT2D eigenvalue weighted by Crippen LogP contribution is 2.22. The molecule has 1 amide bonds. The Morgan fingerprint density at radius 1 is 1.47 bits per heavy atom. The quantitative estimate of drug-likeness (QED) is 0.525. The minimum Gasteiger partial charge on any atom is -0.351 e. The third-order valence-electron chi connectivity index (χ3n) is 1.84. The van der Waals surface area contributed by atoms with Gasteiger partial charge in [0.15, 0.2) is 0 Å². The summed E-state index contributed by atoms with van der Waals surface area (Å²) < 4.78 is 26.5. The lowest BCUT2D eigenvalue weighted by Crippen LogP contribution is -2.26. The lowest BCUT2D eigenvalue weighted by atomic mass is 10.1. The summed E-state index contributed by atoms with van der Waals surface area (Å²) in [6.45, 7) is 0.197. The van der Waals surface area contributed by atoms with Crippen LogP contribution in [0.4, 0.5) is 14.5 Å². The lowest BCUT2D eigenvalue weighted by molar-refractivity contribution is -0.387. The van der Waals surface area contributed by atoms with Crippen LogP contribution in [0.3, 0.4) is 0 Å². The third-order valence-corrected chi connectivity index (χ3v) is 2.24. The van der Waals surface area contributed by atoms with E-state index < -0.39 is 33.7 Å². The second kappa shape index (κ2) is 5.67. The van der Waals surface area contributed by atoms with Crippen molar-refractivity contribution >= 4 is 27.5 Å². The molecule has 0 heterocycles. The van der Waals surface area contributed by atoms with E-state index in [0.717, 1.165) is 0 Å². The molecule has 8 heteroatoms. The first-order valence-corrected chi connectivity index (χ1v) is 5.57. The van der Waals surface area contributed by atoms with Gasteiger partial charge in [0.05, 0.1) is 16.6 Å². The molecule has 1 aromatic rings. The summed E-state index contributed by atoms with van der Waals surface area (Å²) in [5.41, 5.74) is -1.74. The molecule has 0 aliphatic carbocycles. The monoisotopic (exact) mass is 308 g/mol. The first-order valence-electron chi connectivity index (χ1n) is 4.45. The van der Waals surface area contributed by atoms with Crippen LogP contribution in [-0.2, 0) is 0 Å². The smallest absolute Gasteiger partial charge is 0.308 e. The minimum absolute atomic E-state index is 0.197. The van der Waals surface area contributed by atoms with Crippen LogP contribution >= 0.6 is 15.9 Å². The molecule has 0 unspecified atom stereocenters. The molecule has 0 fully saturated rings. The lowest BCUT2D eigenvalue weighted by Gasteiger charge is -2.04. The number of nitrogens with zero attached hydrogens (tertiary/aromatic N) is 1. The molecule has 0 aromatic heterocycles. The van der Waals surface area contributed by atoms with Gasteiger partial charge in [0.1, 0.15) is 5.82 Å². The van der Waals surface area contributed by atoms with Gasteiger partial charge in [0.25, 0.3) is 5.91 Å². The van der Waals surface area contributed by atoms with Gasteiger partial charge in [-0.1, -0.05) is 15.9 Å². The van der Waals surface area contributed by atoms with Crippen LogP contribution in [0, 0.1) is 21.7 Å². The number of carbonyl (C=O) groups excluding carboxylic acids is 1. The van der Waals surface area contributed by atoms with E-state index in [-0.39, 0.29) is 6.54 Å². The van der Waals surface area contributed by atoms with Crippen LogP contribution in [0.1, 0.15) is 10.4 Å². The highest BCUT2D eigenvalue weighted by Gasteiger charge is 2.23. The minimum atomic E-state index is -1.34. The van der Waals surface area contributed by atoms with Crippen molar-refractivity contribution in [3.8, 4) is 0 Å². The summed E-state index contributed by atoms with van der Waals surface area (Å²) in [5, 5.41) is 13.1. The molecule has 0 aliphatic heterocycles. The van der Waals surface area contributed by atoms with Gasteiger partial charge in [-0.05, 0) is 6.07 Å². The Morgan fingerprint density at radius 2 is 2.12 bits per heavy atom. The standard InChI is InChI=1S/C9H7BrF2N2O3/c10-1-2-13-9(15)6-3-5(11)4-7(8(6)12)14(16)17/h3-4H,1-2H2,(H,13,15). The van der Waals surface area contributed by atoms with E-state index >= 15 is 0 Å². The molecule has 5 nitrogen and oxygen atoms in total. The molecule has 0 radical (unpaired) electrons. The van der Waals surface area contributed by atoms with Gasteiger partial charge in [-0.2, -0.15) is 4.39 Å². The average molecular weight is 309 g/mol. The van der Waals surface area contributed by atoms with Crippen molar-refractivity contribution in [1.29, 1.82) is 0 Å². The number of hydrogen-bond acceptors (Lipinski definition) is 3. The second-order valence-electron chi connectivity index (χ2n) is 2.99. The van der Waals surface area contributed by atoms with E-state index in [1.165, 1.54) is 0 Å². The predicted molar refractivity (Wildman–Crippen MR) is 59.1 cm³/mol. The number of hydrogen-bond donors (Lipinski definition) is 1. The van der Waals surface area contributed by atoms with Gasteiger partial charge >= 0.3 is 5.69 Å². The molecule has 0 saturated carbocycles. The van der Waals surface area contributed by atoms with Crippen molar-refractivity contribution in [2.24, 2.45) is 0 Å². The molecule has 0 atom stereocenters.